The molecule has 13 heavy (non-hydrogen) atoms. The van der Waals surface area contributed by atoms with Crippen molar-refractivity contribution in [3.8, 4) is 0 Å². The second-order valence-corrected chi connectivity index (χ2v) is 3.05. The molecular formula is C7H10Cl2O4. The molecule has 0 bridgehead atoms. The summed E-state index contributed by atoms with van der Waals surface area (Å²) in [5.41, 5.74) is -1.83. The molecule has 0 aromatic carbocycles. The predicted octanol–water partition coefficient (Wildman–Crippen LogP) is -0.427. The molecule has 0 atom stereocenters. The van der Waals surface area contributed by atoms with Crippen LogP contribution in [0.1, 0.15) is 0 Å². The van der Waals surface area contributed by atoms with E-state index < -0.39 is 42.0 Å². The van der Waals surface area contributed by atoms with E-state index >= 15 is 0 Å². The normalized spacial score (nSPS) is 11.4. The Morgan fingerprint density at radius 3 is 1.46 bits per heavy atom. The highest BCUT2D eigenvalue weighted by atomic mass is 35.5. The van der Waals surface area contributed by atoms with Gasteiger partial charge in [-0.15, -0.1) is 23.2 Å². The maximum Gasteiger partial charge on any atom is 0.165 e. The zero-order valence-electron chi connectivity index (χ0n) is 6.80. The molecule has 4 nitrogen and oxygen atoms in total. The minimum Gasteiger partial charge on any atom is -0.395 e. The van der Waals surface area contributed by atoms with Crippen molar-refractivity contribution < 1.29 is 19.8 Å². The molecular weight excluding hydrogens is 219 g/mol. The van der Waals surface area contributed by atoms with Gasteiger partial charge in [0.1, 0.15) is 5.41 Å². The van der Waals surface area contributed by atoms with E-state index in [0.717, 1.165) is 0 Å². The fourth-order valence-corrected chi connectivity index (χ4v) is 1.33. The van der Waals surface area contributed by atoms with Gasteiger partial charge in [-0.1, -0.05) is 0 Å². The number of halogens is 2. The van der Waals surface area contributed by atoms with Gasteiger partial charge in [-0.3, -0.25) is 9.59 Å². The van der Waals surface area contributed by atoms with Crippen molar-refractivity contribution >= 4 is 34.8 Å². The second-order valence-electron chi connectivity index (χ2n) is 2.51. The summed E-state index contributed by atoms with van der Waals surface area (Å²) in [4.78, 5) is 22.3. The smallest absolute Gasteiger partial charge is 0.165 e. The lowest BCUT2D eigenvalue weighted by molar-refractivity contribution is -0.143. The van der Waals surface area contributed by atoms with Gasteiger partial charge in [-0.05, 0) is 0 Å². The second kappa shape index (κ2) is 5.54. The van der Waals surface area contributed by atoms with Crippen LogP contribution in [0.5, 0.6) is 0 Å². The molecule has 0 radical (unpaired) electrons. The highest BCUT2D eigenvalue weighted by molar-refractivity contribution is 6.35. The number of carbonyl (C=O) groups is 2. The topological polar surface area (TPSA) is 74.6 Å². The van der Waals surface area contributed by atoms with Crippen LogP contribution in [0.3, 0.4) is 0 Å². The molecule has 0 saturated heterocycles. The van der Waals surface area contributed by atoms with E-state index in [-0.39, 0.29) is 0 Å². The van der Waals surface area contributed by atoms with Crippen molar-refractivity contribution in [1.82, 2.24) is 0 Å². The first-order valence-corrected chi connectivity index (χ1v) is 4.56. The van der Waals surface area contributed by atoms with Gasteiger partial charge in [0.15, 0.2) is 11.6 Å². The van der Waals surface area contributed by atoms with E-state index in [9.17, 15) is 9.59 Å². The first kappa shape index (κ1) is 12.8. The molecule has 6 heteroatoms. The van der Waals surface area contributed by atoms with Crippen LogP contribution in [0.4, 0.5) is 0 Å². The third kappa shape index (κ3) is 2.40. The first-order valence-electron chi connectivity index (χ1n) is 3.49. The average Bonchev–Trinajstić information content (AvgIpc) is 2.19. The van der Waals surface area contributed by atoms with Crippen LogP contribution in [0, 0.1) is 5.41 Å². The lowest BCUT2D eigenvalue weighted by Gasteiger charge is -2.24. The molecule has 0 aromatic rings. The summed E-state index contributed by atoms with van der Waals surface area (Å²) in [6.45, 7) is -1.55. The molecule has 0 aliphatic carbocycles. The van der Waals surface area contributed by atoms with Crippen molar-refractivity contribution in [2.24, 2.45) is 5.41 Å². The minimum absolute atomic E-state index is 0.441. The van der Waals surface area contributed by atoms with Crippen molar-refractivity contribution in [2.45, 2.75) is 0 Å². The number of Topliss-reactive ketones (excluding diaryl/α,β-unsaturated/α-hetero) is 2. The van der Waals surface area contributed by atoms with E-state index in [0.29, 0.717) is 0 Å². The first-order chi connectivity index (χ1) is 6.08. The van der Waals surface area contributed by atoms with E-state index in [4.69, 9.17) is 33.4 Å². The molecule has 0 spiro atoms. The molecule has 0 saturated carbocycles. The summed E-state index contributed by atoms with van der Waals surface area (Å²) in [5.74, 6) is -2.32. The number of ketones is 2. The van der Waals surface area contributed by atoms with E-state index in [1.165, 1.54) is 0 Å². The highest BCUT2D eigenvalue weighted by Gasteiger charge is 2.43. The zero-order valence-corrected chi connectivity index (χ0v) is 8.31. The van der Waals surface area contributed by atoms with Crippen molar-refractivity contribution in [2.75, 3.05) is 25.0 Å². The van der Waals surface area contributed by atoms with Crippen LogP contribution < -0.4 is 0 Å². The molecule has 76 valence electrons. The third-order valence-corrected chi connectivity index (χ3v) is 2.34. The van der Waals surface area contributed by atoms with E-state index in [1.54, 1.807) is 0 Å². The van der Waals surface area contributed by atoms with Gasteiger partial charge in [0.05, 0.1) is 25.0 Å². The Balaban J connectivity index is 4.90. The highest BCUT2D eigenvalue weighted by Crippen LogP contribution is 2.20. The van der Waals surface area contributed by atoms with Crippen molar-refractivity contribution in [3.05, 3.63) is 0 Å². The van der Waals surface area contributed by atoms with Crippen LogP contribution in [-0.2, 0) is 9.59 Å². The van der Waals surface area contributed by atoms with Crippen LogP contribution in [-0.4, -0.2) is 46.8 Å². The summed E-state index contributed by atoms with van der Waals surface area (Å²) in [5, 5.41) is 17.7. The number of aliphatic hydroxyl groups excluding tert-OH is 2. The molecule has 0 aliphatic rings. The Kier molecular flexibility index (Phi) is 5.48. The van der Waals surface area contributed by atoms with Crippen LogP contribution >= 0.6 is 23.2 Å². The number of rotatable bonds is 6. The summed E-state index contributed by atoms with van der Waals surface area (Å²) < 4.78 is 0. The number of hydrogen-bond donors (Lipinski definition) is 2. The standard InChI is InChI=1S/C7H10Cl2O4/c8-1-5(12)7(3-10,4-11)6(13)2-9/h10-11H,1-4H2. The van der Waals surface area contributed by atoms with Crippen molar-refractivity contribution in [3.63, 3.8) is 0 Å². The number of alkyl halides is 2. The van der Waals surface area contributed by atoms with Gasteiger partial charge in [-0.25, -0.2) is 0 Å². The molecule has 0 rings (SSSR count). The van der Waals surface area contributed by atoms with Crippen LogP contribution in [0.15, 0.2) is 0 Å². The number of aliphatic hydroxyl groups is 2. The van der Waals surface area contributed by atoms with Gasteiger partial charge in [0.25, 0.3) is 0 Å². The van der Waals surface area contributed by atoms with Gasteiger partial charge in [0, 0.05) is 0 Å². The third-order valence-electron chi connectivity index (χ3n) is 1.85. The van der Waals surface area contributed by atoms with E-state index in [2.05, 4.69) is 0 Å². The zero-order chi connectivity index (χ0) is 10.5. The molecule has 0 aliphatic heterocycles. The molecule has 0 heterocycles. The molecule has 0 unspecified atom stereocenters. The predicted molar refractivity (Wildman–Crippen MR) is 48.1 cm³/mol. The van der Waals surface area contributed by atoms with Crippen LogP contribution in [0.25, 0.3) is 0 Å². The Labute approximate surface area is 85.4 Å². The Hall–Kier alpha value is -0.160. The number of hydrogen-bond acceptors (Lipinski definition) is 4. The maximum absolute atomic E-state index is 11.2. The van der Waals surface area contributed by atoms with Gasteiger partial charge in [-0.2, -0.15) is 0 Å². The van der Waals surface area contributed by atoms with Gasteiger partial charge < -0.3 is 10.2 Å². The average molecular weight is 229 g/mol. The molecule has 0 aromatic heterocycles. The lowest BCUT2D eigenvalue weighted by Crippen LogP contribution is -2.47. The Bertz CT molecular complexity index is 183. The largest absolute Gasteiger partial charge is 0.395 e. The molecule has 0 amide bonds. The van der Waals surface area contributed by atoms with Crippen LogP contribution in [0.2, 0.25) is 0 Å². The minimum atomic E-state index is -1.83. The van der Waals surface area contributed by atoms with Gasteiger partial charge in [0.2, 0.25) is 0 Å². The summed E-state index contributed by atoms with van der Waals surface area (Å²) in [6, 6.07) is 0. The fourth-order valence-electron chi connectivity index (χ4n) is 0.814. The van der Waals surface area contributed by atoms with Gasteiger partial charge >= 0.3 is 0 Å². The Morgan fingerprint density at radius 1 is 1.00 bits per heavy atom. The monoisotopic (exact) mass is 228 g/mol. The molecule has 0 fully saturated rings. The fraction of sp³-hybridized carbons (Fsp3) is 0.714. The maximum atomic E-state index is 11.2. The SMILES string of the molecule is O=C(CCl)C(CO)(CO)C(=O)CCl. The molecule has 2 N–H and O–H groups in total. The summed E-state index contributed by atoms with van der Waals surface area (Å²) in [6.07, 6.45) is 0. The van der Waals surface area contributed by atoms with E-state index in [1.807, 2.05) is 0 Å². The summed E-state index contributed by atoms with van der Waals surface area (Å²) in [7, 11) is 0. The number of carbonyl (C=O) groups excluding carboxylic acids is 2. The Morgan fingerprint density at radius 2 is 1.31 bits per heavy atom. The quantitative estimate of drug-likeness (QED) is 0.479. The lowest BCUT2D eigenvalue weighted by atomic mass is 9.82. The van der Waals surface area contributed by atoms with Crippen molar-refractivity contribution in [1.29, 1.82) is 0 Å². The summed E-state index contributed by atoms with van der Waals surface area (Å²) >= 11 is 10.5.